The average molecular weight is 526 g/mol. The molecule has 0 aliphatic carbocycles. The summed E-state index contributed by atoms with van der Waals surface area (Å²) in [5.74, 6) is 0. The molecular formula is C27H37NSSn. The summed E-state index contributed by atoms with van der Waals surface area (Å²) < 4.78 is 7.71. The topological polar surface area (TPSA) is 12.9 Å². The van der Waals surface area contributed by atoms with Crippen LogP contribution >= 0.6 is 11.3 Å². The third-order valence-electron chi connectivity index (χ3n) is 6.26. The van der Waals surface area contributed by atoms with Crippen molar-refractivity contribution in [2.24, 2.45) is 0 Å². The molecule has 0 saturated heterocycles. The molecule has 0 aliphatic heterocycles. The first-order valence-corrected chi connectivity index (χ1v) is 20.1. The molecular weight excluding hydrogens is 489 g/mol. The molecule has 3 aromatic rings. The van der Waals surface area contributed by atoms with Crippen LogP contribution in [0, 0.1) is 0 Å². The van der Waals surface area contributed by atoms with Gasteiger partial charge in [-0.25, -0.2) is 0 Å². The van der Waals surface area contributed by atoms with Gasteiger partial charge in [-0.1, -0.05) is 0 Å². The number of hydrogen-bond acceptors (Lipinski definition) is 2. The molecule has 0 radical (unpaired) electrons. The fourth-order valence-electron chi connectivity index (χ4n) is 4.43. The third kappa shape index (κ3) is 6.20. The summed E-state index contributed by atoms with van der Waals surface area (Å²) >= 11 is -0.513. The summed E-state index contributed by atoms with van der Waals surface area (Å²) in [5.41, 5.74) is 2.39. The number of benzene rings is 2. The number of nitrogens with zero attached hydrogens (tertiary/aromatic N) is 1. The number of hydrogen-bond donors (Lipinski definition) is 0. The van der Waals surface area contributed by atoms with Gasteiger partial charge in [0.05, 0.1) is 0 Å². The van der Waals surface area contributed by atoms with Crippen molar-refractivity contribution in [2.75, 3.05) is 0 Å². The summed E-state index contributed by atoms with van der Waals surface area (Å²) in [7, 11) is 0. The van der Waals surface area contributed by atoms with Crippen LogP contribution in [0.1, 0.15) is 69.9 Å². The van der Waals surface area contributed by atoms with E-state index in [-0.39, 0.29) is 0 Å². The van der Waals surface area contributed by atoms with Gasteiger partial charge in [0.2, 0.25) is 0 Å². The van der Waals surface area contributed by atoms with E-state index in [4.69, 9.17) is 4.98 Å². The first-order chi connectivity index (χ1) is 14.7. The van der Waals surface area contributed by atoms with Gasteiger partial charge in [-0.3, -0.25) is 0 Å². The molecule has 3 rings (SSSR count). The molecule has 0 saturated carbocycles. The van der Waals surface area contributed by atoms with Crippen LogP contribution in [-0.4, -0.2) is 23.4 Å². The van der Waals surface area contributed by atoms with Crippen LogP contribution in [0.4, 0.5) is 0 Å². The Morgan fingerprint density at radius 2 is 1.43 bits per heavy atom. The minimum absolute atomic E-state index is 1.11. The molecule has 0 bridgehead atoms. The van der Waals surface area contributed by atoms with Crippen molar-refractivity contribution in [2.45, 2.75) is 72.6 Å². The Morgan fingerprint density at radius 1 is 0.800 bits per heavy atom. The molecule has 1 aromatic heterocycles. The van der Waals surface area contributed by atoms with Crippen LogP contribution in [0.15, 0.2) is 48.5 Å². The molecule has 0 amide bonds. The Balaban J connectivity index is 1.92. The third-order valence-corrected chi connectivity index (χ3v) is 22.9. The van der Waals surface area contributed by atoms with E-state index in [0.29, 0.717) is 0 Å². The van der Waals surface area contributed by atoms with Crippen LogP contribution in [0.2, 0.25) is 13.3 Å². The Morgan fingerprint density at radius 3 is 2.03 bits per heavy atom. The van der Waals surface area contributed by atoms with Gasteiger partial charge in [0.1, 0.15) is 0 Å². The van der Waals surface area contributed by atoms with Gasteiger partial charge in [-0.15, -0.1) is 0 Å². The second-order valence-corrected chi connectivity index (χ2v) is 22.9. The van der Waals surface area contributed by atoms with Crippen molar-refractivity contribution in [1.29, 1.82) is 0 Å². The quantitative estimate of drug-likeness (QED) is 0.216. The van der Waals surface area contributed by atoms with Crippen molar-refractivity contribution in [3.8, 4) is 0 Å². The standard InChI is InChI=1S/C15H10NS.3C4H9.Sn/c1-2-6-12(7-3-1)10-11-15-16-13-8-4-5-9-14(13)17-15;3*1-3-4-2;/h1-4,6-11H;3*1,3-4H2,2H3;/b11-10+;;;;. The van der Waals surface area contributed by atoms with Crippen molar-refractivity contribution < 1.29 is 0 Å². The van der Waals surface area contributed by atoms with Gasteiger partial charge in [0.25, 0.3) is 0 Å². The van der Waals surface area contributed by atoms with E-state index in [0.717, 1.165) is 10.5 Å². The van der Waals surface area contributed by atoms with Gasteiger partial charge in [-0.2, -0.15) is 0 Å². The van der Waals surface area contributed by atoms with E-state index < -0.39 is 18.4 Å². The van der Waals surface area contributed by atoms with E-state index in [1.54, 1.807) is 3.58 Å². The monoisotopic (exact) mass is 527 g/mol. The molecule has 160 valence electrons. The predicted octanol–water partition coefficient (Wildman–Crippen LogP) is 8.52. The van der Waals surface area contributed by atoms with Gasteiger partial charge in [-0.05, 0) is 0 Å². The van der Waals surface area contributed by atoms with Gasteiger partial charge in [0.15, 0.2) is 0 Å². The number of aromatic nitrogens is 1. The summed E-state index contributed by atoms with van der Waals surface area (Å²) in [6.07, 6.45) is 12.6. The fraction of sp³-hybridized carbons (Fsp3) is 0.444. The SMILES string of the molecule is CCC[CH2][Sn]([CH2]CCC)([CH2]CCC)[c]1ccc2nc(/C=C/c3ccccc3)sc2c1. The summed E-state index contributed by atoms with van der Waals surface area (Å²) in [4.78, 5) is 4.89. The predicted molar refractivity (Wildman–Crippen MR) is 140 cm³/mol. The molecule has 1 nitrogen and oxygen atoms in total. The average Bonchev–Trinajstić information content (AvgIpc) is 3.20. The van der Waals surface area contributed by atoms with Crippen molar-refractivity contribution in [3.63, 3.8) is 0 Å². The van der Waals surface area contributed by atoms with Gasteiger partial charge >= 0.3 is 192 Å². The maximum atomic E-state index is 4.89. The molecule has 3 heteroatoms. The summed E-state index contributed by atoms with van der Waals surface area (Å²) in [5, 5.41) is 1.11. The van der Waals surface area contributed by atoms with Crippen molar-refractivity contribution in [1.82, 2.24) is 4.98 Å². The van der Waals surface area contributed by atoms with Crippen LogP contribution < -0.4 is 3.58 Å². The molecule has 0 spiro atoms. The molecule has 0 unspecified atom stereocenters. The molecule has 0 fully saturated rings. The van der Waals surface area contributed by atoms with E-state index in [2.05, 4.69) is 81.5 Å². The molecule has 0 aliphatic rings. The molecule has 30 heavy (non-hydrogen) atoms. The van der Waals surface area contributed by atoms with Crippen molar-refractivity contribution >= 4 is 55.7 Å². The zero-order valence-electron chi connectivity index (χ0n) is 19.0. The van der Waals surface area contributed by atoms with Crippen molar-refractivity contribution in [3.05, 3.63) is 59.1 Å². The Kier molecular flexibility index (Phi) is 9.45. The molecule has 1 heterocycles. The molecule has 0 N–H and O–H groups in total. The fourth-order valence-corrected chi connectivity index (χ4v) is 21.6. The Bertz CT molecular complexity index is 907. The number of rotatable bonds is 12. The molecule has 2 aromatic carbocycles. The first-order valence-electron chi connectivity index (χ1n) is 11.8. The summed E-state index contributed by atoms with van der Waals surface area (Å²) in [6, 6.07) is 17.9. The summed E-state index contributed by atoms with van der Waals surface area (Å²) in [6.45, 7) is 7.07. The zero-order valence-corrected chi connectivity index (χ0v) is 22.7. The van der Waals surface area contributed by atoms with Gasteiger partial charge < -0.3 is 0 Å². The van der Waals surface area contributed by atoms with E-state index in [1.165, 1.54) is 62.1 Å². The molecule has 0 atom stereocenters. The number of unbranched alkanes of at least 4 members (excludes halogenated alkanes) is 3. The second-order valence-electron chi connectivity index (χ2n) is 8.57. The van der Waals surface area contributed by atoms with Crippen LogP contribution in [-0.2, 0) is 0 Å². The van der Waals surface area contributed by atoms with Crippen LogP contribution in [0.5, 0.6) is 0 Å². The zero-order chi connectivity index (χ0) is 21.2. The Hall–Kier alpha value is -1.13. The van der Waals surface area contributed by atoms with Crippen LogP contribution in [0.25, 0.3) is 22.4 Å². The van der Waals surface area contributed by atoms with Gasteiger partial charge in [0, 0.05) is 0 Å². The van der Waals surface area contributed by atoms with E-state index >= 15 is 0 Å². The van der Waals surface area contributed by atoms with E-state index in [1.807, 2.05) is 11.3 Å². The number of fused-ring (bicyclic) bond motifs is 1. The van der Waals surface area contributed by atoms with E-state index in [9.17, 15) is 0 Å². The first kappa shape index (κ1) is 23.5. The second kappa shape index (κ2) is 12.0. The Labute approximate surface area is 191 Å². The number of thiazole rings is 1. The van der Waals surface area contributed by atoms with Crippen LogP contribution in [0.3, 0.4) is 0 Å². The minimum atomic E-state index is -2.37. The maximum absolute atomic E-state index is 4.89. The normalized spacial score (nSPS) is 12.2.